The van der Waals surface area contributed by atoms with Crippen molar-refractivity contribution in [2.75, 3.05) is 0 Å². The minimum absolute atomic E-state index is 0.0158. The van der Waals surface area contributed by atoms with Gasteiger partial charge in [-0.3, -0.25) is 9.59 Å². The molecule has 0 atom stereocenters. The predicted octanol–water partition coefficient (Wildman–Crippen LogP) is 4.81. The summed E-state index contributed by atoms with van der Waals surface area (Å²) >= 11 is 0. The van der Waals surface area contributed by atoms with E-state index in [9.17, 15) is 40.2 Å². The van der Waals surface area contributed by atoms with Gasteiger partial charge in [-0.25, -0.2) is 0 Å². The Morgan fingerprint density at radius 3 is 1.70 bits per heavy atom. The van der Waals surface area contributed by atoms with Crippen LogP contribution in [0.1, 0.15) is 31.8 Å². The monoisotopic (exact) mass is 544 g/mol. The number of allylic oxidation sites excluding steroid dienone is 2. The Morgan fingerprint density at radius 1 is 0.525 bits per heavy atom. The summed E-state index contributed by atoms with van der Waals surface area (Å²) in [5.41, 5.74) is 0.879. The number of benzene rings is 4. The molecule has 0 aliphatic carbocycles. The van der Waals surface area contributed by atoms with Gasteiger partial charge in [-0.1, -0.05) is 48.5 Å². The van der Waals surface area contributed by atoms with Crippen molar-refractivity contribution in [3.05, 3.63) is 107 Å². The van der Waals surface area contributed by atoms with E-state index in [-0.39, 0.29) is 28.4 Å². The normalized spacial score (nSPS) is 10.8. The topological polar surface area (TPSA) is 196 Å². The molecule has 8 N–H and O–H groups in total. The lowest BCUT2D eigenvalue weighted by atomic mass is 10.1. The summed E-state index contributed by atoms with van der Waals surface area (Å²) in [5.74, 6) is -4.97. The van der Waals surface area contributed by atoms with Crippen LogP contribution in [0.25, 0.3) is 12.2 Å². The molecule has 0 aliphatic heterocycles. The highest BCUT2D eigenvalue weighted by Gasteiger charge is 2.16. The molecule has 40 heavy (non-hydrogen) atoms. The van der Waals surface area contributed by atoms with Crippen LogP contribution in [-0.4, -0.2) is 52.4 Å². The first-order valence-electron chi connectivity index (χ1n) is 11.5. The van der Waals surface area contributed by atoms with E-state index in [1.165, 1.54) is 36.4 Å². The highest BCUT2D eigenvalue weighted by Crippen LogP contribution is 2.44. The van der Waals surface area contributed by atoms with Gasteiger partial charge in [-0.05, 0) is 42.0 Å². The molecule has 0 aliphatic rings. The predicted molar refractivity (Wildman–Crippen MR) is 146 cm³/mol. The Hall–Kier alpha value is -5.90. The summed E-state index contributed by atoms with van der Waals surface area (Å²) < 4.78 is 0. The van der Waals surface area contributed by atoms with Crippen LogP contribution in [0, 0.1) is 0 Å². The Kier molecular flexibility index (Phi) is 9.01. The number of phenolic OH excluding ortho intramolecular Hbond substituents is 8. The fraction of sp³-hybridized carbons (Fsp3) is 0. The molecule has 0 amide bonds. The molecule has 10 heteroatoms. The molecule has 4 rings (SSSR count). The second kappa shape index (κ2) is 12.6. The SMILES string of the molecule is O=C(C=Cc1cc(O)c(O)c(O)c1O)c1ccccc1.O=C(C=Cc1ccc(O)cc1)c1c(O)cc(O)cc1O. The first-order valence-corrected chi connectivity index (χ1v) is 11.5. The van der Waals surface area contributed by atoms with Gasteiger partial charge >= 0.3 is 0 Å². The van der Waals surface area contributed by atoms with Gasteiger partial charge in [0.1, 0.15) is 28.6 Å². The summed E-state index contributed by atoms with van der Waals surface area (Å²) in [5, 5.41) is 75.0. The fourth-order valence-electron chi connectivity index (χ4n) is 3.34. The molecule has 0 fully saturated rings. The van der Waals surface area contributed by atoms with Gasteiger partial charge < -0.3 is 40.9 Å². The molecular formula is C30H24O10. The van der Waals surface area contributed by atoms with Crippen LogP contribution in [-0.2, 0) is 0 Å². The standard InChI is InChI=1S/2C15H12O5/c16-10-4-1-9(2-5-10)3-6-12(18)15-13(19)7-11(17)8-14(15)20;16-11(9-4-2-1-3-5-9)7-6-10-8-12(17)14(19)15(20)13(10)18/h1-8,16-17,19-20H;1-8,17-20H. The van der Waals surface area contributed by atoms with Crippen molar-refractivity contribution < 1.29 is 50.4 Å². The Labute approximate surface area is 227 Å². The maximum absolute atomic E-state index is 11.9. The summed E-state index contributed by atoms with van der Waals surface area (Å²) in [6.07, 6.45) is 5.09. The smallest absolute Gasteiger partial charge is 0.204 e. The zero-order chi connectivity index (χ0) is 29.4. The van der Waals surface area contributed by atoms with E-state index in [1.807, 2.05) is 0 Å². The molecule has 204 valence electrons. The lowest BCUT2D eigenvalue weighted by molar-refractivity contribution is 0.103. The molecule has 4 aromatic carbocycles. The molecule has 0 saturated carbocycles. The van der Waals surface area contributed by atoms with Crippen molar-refractivity contribution in [1.82, 2.24) is 0 Å². The van der Waals surface area contributed by atoms with Crippen LogP contribution in [0.5, 0.6) is 46.0 Å². The Bertz CT molecular complexity index is 1560. The quantitative estimate of drug-likeness (QED) is 0.0722. The van der Waals surface area contributed by atoms with Gasteiger partial charge in [0, 0.05) is 23.3 Å². The molecular weight excluding hydrogens is 520 g/mol. The highest BCUT2D eigenvalue weighted by molar-refractivity contribution is 6.10. The summed E-state index contributed by atoms with van der Waals surface area (Å²) in [6.45, 7) is 0. The minimum Gasteiger partial charge on any atom is -0.508 e. The molecule has 4 aromatic rings. The number of aromatic hydroxyl groups is 8. The number of carbonyl (C=O) groups excluding carboxylic acids is 2. The number of hydrogen-bond donors (Lipinski definition) is 8. The van der Waals surface area contributed by atoms with E-state index >= 15 is 0 Å². The largest absolute Gasteiger partial charge is 0.508 e. The van der Waals surface area contributed by atoms with E-state index in [0.29, 0.717) is 11.1 Å². The second-order valence-electron chi connectivity index (χ2n) is 8.24. The van der Waals surface area contributed by atoms with Crippen LogP contribution in [0.2, 0.25) is 0 Å². The molecule has 0 heterocycles. The summed E-state index contributed by atoms with van der Waals surface area (Å²) in [7, 11) is 0. The lowest BCUT2D eigenvalue weighted by Gasteiger charge is -2.06. The van der Waals surface area contributed by atoms with Gasteiger partial charge in [0.2, 0.25) is 11.5 Å². The molecule has 0 radical (unpaired) electrons. The Morgan fingerprint density at radius 2 is 1.10 bits per heavy atom. The van der Waals surface area contributed by atoms with Gasteiger partial charge in [-0.15, -0.1) is 0 Å². The fourth-order valence-corrected chi connectivity index (χ4v) is 3.34. The zero-order valence-corrected chi connectivity index (χ0v) is 20.6. The van der Waals surface area contributed by atoms with Gasteiger partial charge in [0.25, 0.3) is 0 Å². The zero-order valence-electron chi connectivity index (χ0n) is 20.6. The van der Waals surface area contributed by atoms with Crippen LogP contribution >= 0.6 is 0 Å². The van der Waals surface area contributed by atoms with E-state index in [0.717, 1.165) is 18.2 Å². The van der Waals surface area contributed by atoms with E-state index in [1.54, 1.807) is 42.5 Å². The molecule has 0 unspecified atom stereocenters. The first kappa shape index (κ1) is 28.7. The minimum atomic E-state index is -0.836. The van der Waals surface area contributed by atoms with E-state index in [4.69, 9.17) is 10.2 Å². The molecule has 0 bridgehead atoms. The summed E-state index contributed by atoms with van der Waals surface area (Å²) in [4.78, 5) is 23.7. The van der Waals surface area contributed by atoms with Crippen molar-refractivity contribution in [1.29, 1.82) is 0 Å². The van der Waals surface area contributed by atoms with Crippen LogP contribution in [0.4, 0.5) is 0 Å². The van der Waals surface area contributed by atoms with E-state index in [2.05, 4.69) is 0 Å². The van der Waals surface area contributed by atoms with Gasteiger partial charge in [0.05, 0.1) is 0 Å². The number of hydrogen-bond acceptors (Lipinski definition) is 10. The number of carbonyl (C=O) groups is 2. The lowest BCUT2D eigenvalue weighted by Crippen LogP contribution is -1.95. The third kappa shape index (κ3) is 7.11. The van der Waals surface area contributed by atoms with Crippen molar-refractivity contribution in [3.8, 4) is 46.0 Å². The van der Waals surface area contributed by atoms with Crippen LogP contribution in [0.15, 0.2) is 84.9 Å². The third-order valence-corrected chi connectivity index (χ3v) is 5.38. The van der Waals surface area contributed by atoms with Crippen molar-refractivity contribution in [3.63, 3.8) is 0 Å². The summed E-state index contributed by atoms with van der Waals surface area (Å²) in [6, 6.07) is 17.6. The Balaban J connectivity index is 0.000000220. The number of phenols is 8. The van der Waals surface area contributed by atoms with Crippen molar-refractivity contribution in [2.24, 2.45) is 0 Å². The number of rotatable bonds is 6. The average molecular weight is 545 g/mol. The molecule has 0 spiro atoms. The molecule has 0 saturated heterocycles. The van der Waals surface area contributed by atoms with Crippen molar-refractivity contribution >= 4 is 23.7 Å². The van der Waals surface area contributed by atoms with Crippen molar-refractivity contribution in [2.45, 2.75) is 0 Å². The molecule has 10 nitrogen and oxygen atoms in total. The average Bonchev–Trinajstić information content (AvgIpc) is 2.93. The third-order valence-electron chi connectivity index (χ3n) is 5.38. The highest BCUT2D eigenvalue weighted by atomic mass is 16.3. The maximum Gasteiger partial charge on any atom is 0.204 e. The second-order valence-corrected chi connectivity index (χ2v) is 8.24. The number of ketones is 2. The van der Waals surface area contributed by atoms with Gasteiger partial charge in [0.15, 0.2) is 23.1 Å². The first-order chi connectivity index (χ1) is 19.0. The van der Waals surface area contributed by atoms with E-state index < -0.39 is 40.3 Å². The maximum atomic E-state index is 11.9. The van der Waals surface area contributed by atoms with Gasteiger partial charge in [-0.2, -0.15) is 0 Å². The van der Waals surface area contributed by atoms with Crippen LogP contribution < -0.4 is 0 Å². The van der Waals surface area contributed by atoms with Crippen LogP contribution in [0.3, 0.4) is 0 Å². The molecule has 0 aromatic heterocycles.